The molecule has 0 amide bonds. The third-order valence-electron chi connectivity index (χ3n) is 1.24. The van der Waals surface area contributed by atoms with Crippen LogP contribution in [0.15, 0.2) is 0 Å². The van der Waals surface area contributed by atoms with Crippen LogP contribution < -0.4 is 0 Å². The smallest absolute Gasteiger partial charge is 0.305 e. The first kappa shape index (κ1) is 10.6. The Morgan fingerprint density at radius 3 is 2.82 bits per heavy atom. The highest BCUT2D eigenvalue weighted by atomic mass is 79.9. The third kappa shape index (κ3) is 6.04. The van der Waals surface area contributed by atoms with E-state index < -0.39 is 0 Å². The van der Waals surface area contributed by atoms with Crippen LogP contribution in [0, 0.1) is 0 Å². The molecule has 0 saturated carbocycles. The van der Waals surface area contributed by atoms with Crippen molar-refractivity contribution in [2.45, 2.75) is 24.1 Å². The van der Waals surface area contributed by atoms with Crippen LogP contribution in [0.2, 0.25) is 0 Å². The van der Waals surface area contributed by atoms with Gasteiger partial charge in [0.1, 0.15) is 6.29 Å². The van der Waals surface area contributed by atoms with Crippen molar-refractivity contribution >= 4 is 28.2 Å². The summed E-state index contributed by atoms with van der Waals surface area (Å²) in [5.74, 6) is -0.226. The molecule has 0 heterocycles. The first-order chi connectivity index (χ1) is 5.20. The van der Waals surface area contributed by atoms with Crippen LogP contribution in [0.4, 0.5) is 0 Å². The topological polar surface area (TPSA) is 43.4 Å². The van der Waals surface area contributed by atoms with E-state index in [0.717, 1.165) is 6.29 Å². The maximum absolute atomic E-state index is 10.6. The molecule has 1 atom stereocenters. The van der Waals surface area contributed by atoms with E-state index in [1.54, 1.807) is 0 Å². The van der Waals surface area contributed by atoms with Gasteiger partial charge in [-0.05, 0) is 12.8 Å². The lowest BCUT2D eigenvalue weighted by Gasteiger charge is -1.99. The van der Waals surface area contributed by atoms with Crippen molar-refractivity contribution in [3.8, 4) is 0 Å². The molecule has 0 aromatic rings. The Kier molecular flexibility index (Phi) is 6.12. The van der Waals surface area contributed by atoms with E-state index in [2.05, 4.69) is 20.7 Å². The summed E-state index contributed by atoms with van der Waals surface area (Å²) in [6.45, 7) is 0. The number of carbonyl (C=O) groups excluding carboxylic acids is 2. The van der Waals surface area contributed by atoms with Gasteiger partial charge in [0.05, 0.1) is 11.9 Å². The van der Waals surface area contributed by atoms with Crippen LogP contribution in [-0.4, -0.2) is 24.2 Å². The zero-order valence-electron chi connectivity index (χ0n) is 6.38. The number of hydrogen-bond donors (Lipinski definition) is 0. The molecular formula is C7H11BrO3. The molecule has 1 unspecified atom stereocenters. The maximum atomic E-state index is 10.6. The Balaban J connectivity index is 3.26. The average Bonchev–Trinajstić information content (AvgIpc) is 2.04. The Morgan fingerprint density at radius 2 is 2.36 bits per heavy atom. The van der Waals surface area contributed by atoms with Gasteiger partial charge in [-0.3, -0.25) is 4.79 Å². The molecule has 0 N–H and O–H groups in total. The third-order valence-corrected chi connectivity index (χ3v) is 1.91. The van der Waals surface area contributed by atoms with Gasteiger partial charge < -0.3 is 9.53 Å². The minimum absolute atomic E-state index is 0.132. The van der Waals surface area contributed by atoms with E-state index >= 15 is 0 Å². The number of ether oxygens (including phenoxy) is 1. The first-order valence-corrected chi connectivity index (χ1v) is 4.28. The fourth-order valence-electron chi connectivity index (χ4n) is 0.612. The second-order valence-corrected chi connectivity index (χ2v) is 3.30. The van der Waals surface area contributed by atoms with Crippen LogP contribution in [-0.2, 0) is 14.3 Å². The molecule has 11 heavy (non-hydrogen) atoms. The lowest BCUT2D eigenvalue weighted by Crippen LogP contribution is -2.03. The molecule has 0 aromatic carbocycles. The largest absolute Gasteiger partial charge is 0.469 e. The maximum Gasteiger partial charge on any atom is 0.305 e. The predicted molar refractivity (Wildman–Crippen MR) is 44.6 cm³/mol. The van der Waals surface area contributed by atoms with Crippen molar-refractivity contribution in [1.29, 1.82) is 0 Å². The standard InChI is InChI=1S/C7H11BrO3/c1-11-7(10)4-2-3-6(8)5-9/h5-6H,2-4H2,1H3. The molecule has 4 heteroatoms. The van der Waals surface area contributed by atoms with Gasteiger partial charge in [0.15, 0.2) is 0 Å². The lowest BCUT2D eigenvalue weighted by molar-refractivity contribution is -0.140. The average molecular weight is 223 g/mol. The van der Waals surface area contributed by atoms with Crippen LogP contribution in [0.3, 0.4) is 0 Å². The molecule has 0 spiro atoms. The highest BCUT2D eigenvalue weighted by Gasteiger charge is 2.04. The van der Waals surface area contributed by atoms with E-state index in [1.807, 2.05) is 0 Å². The van der Waals surface area contributed by atoms with Crippen LogP contribution >= 0.6 is 15.9 Å². The summed E-state index contributed by atoms with van der Waals surface area (Å²) >= 11 is 3.13. The minimum atomic E-state index is -0.226. The monoisotopic (exact) mass is 222 g/mol. The van der Waals surface area contributed by atoms with Gasteiger partial charge in [-0.2, -0.15) is 0 Å². The zero-order valence-corrected chi connectivity index (χ0v) is 7.96. The van der Waals surface area contributed by atoms with Gasteiger partial charge in [-0.25, -0.2) is 0 Å². The van der Waals surface area contributed by atoms with Crippen molar-refractivity contribution in [2.75, 3.05) is 7.11 Å². The predicted octanol–water partition coefficient (Wildman–Crippen LogP) is 1.29. The number of esters is 1. The van der Waals surface area contributed by atoms with E-state index in [-0.39, 0.29) is 10.8 Å². The van der Waals surface area contributed by atoms with Gasteiger partial charge in [0, 0.05) is 6.42 Å². The van der Waals surface area contributed by atoms with Crippen molar-refractivity contribution in [3.05, 3.63) is 0 Å². The second-order valence-electron chi connectivity index (χ2n) is 2.12. The molecule has 0 bridgehead atoms. The fourth-order valence-corrected chi connectivity index (χ4v) is 0.935. The van der Waals surface area contributed by atoms with Crippen molar-refractivity contribution in [1.82, 2.24) is 0 Å². The number of rotatable bonds is 5. The first-order valence-electron chi connectivity index (χ1n) is 3.37. The number of methoxy groups -OCH3 is 1. The molecule has 64 valence electrons. The molecule has 0 aliphatic carbocycles. The second kappa shape index (κ2) is 6.34. The fraction of sp³-hybridized carbons (Fsp3) is 0.714. The summed E-state index contributed by atoms with van der Waals surface area (Å²) in [6.07, 6.45) is 2.56. The Labute approximate surface area is 74.2 Å². The summed E-state index contributed by atoms with van der Waals surface area (Å²) in [7, 11) is 1.35. The van der Waals surface area contributed by atoms with E-state index in [0.29, 0.717) is 19.3 Å². The molecule has 0 saturated heterocycles. The van der Waals surface area contributed by atoms with E-state index in [4.69, 9.17) is 0 Å². The summed E-state index contributed by atoms with van der Waals surface area (Å²) in [4.78, 5) is 20.5. The lowest BCUT2D eigenvalue weighted by atomic mass is 10.2. The van der Waals surface area contributed by atoms with Gasteiger partial charge in [0.25, 0.3) is 0 Å². The zero-order chi connectivity index (χ0) is 8.69. The summed E-state index contributed by atoms with van der Waals surface area (Å²) in [5, 5.41) is 0. The molecule has 0 aliphatic rings. The van der Waals surface area contributed by atoms with Crippen molar-refractivity contribution < 1.29 is 14.3 Å². The molecule has 0 radical (unpaired) electrons. The SMILES string of the molecule is COC(=O)CCCC(Br)C=O. The molecular weight excluding hydrogens is 212 g/mol. The Bertz CT molecular complexity index is 136. The Morgan fingerprint density at radius 1 is 1.73 bits per heavy atom. The molecule has 0 rings (SSSR count). The van der Waals surface area contributed by atoms with Crippen LogP contribution in [0.5, 0.6) is 0 Å². The summed E-state index contributed by atoms with van der Waals surface area (Å²) in [6, 6.07) is 0. The van der Waals surface area contributed by atoms with Crippen LogP contribution in [0.1, 0.15) is 19.3 Å². The summed E-state index contributed by atoms with van der Waals surface area (Å²) < 4.78 is 4.42. The molecule has 0 aliphatic heterocycles. The van der Waals surface area contributed by atoms with Gasteiger partial charge >= 0.3 is 5.97 Å². The molecule has 3 nitrogen and oxygen atoms in total. The van der Waals surface area contributed by atoms with Gasteiger partial charge in [-0.1, -0.05) is 15.9 Å². The quantitative estimate of drug-likeness (QED) is 0.400. The van der Waals surface area contributed by atoms with Crippen LogP contribution in [0.25, 0.3) is 0 Å². The normalized spacial score (nSPS) is 12.2. The van der Waals surface area contributed by atoms with E-state index in [9.17, 15) is 9.59 Å². The van der Waals surface area contributed by atoms with Gasteiger partial charge in [0.2, 0.25) is 0 Å². The number of halogens is 1. The van der Waals surface area contributed by atoms with Crippen molar-refractivity contribution in [3.63, 3.8) is 0 Å². The number of aldehydes is 1. The highest BCUT2D eigenvalue weighted by molar-refractivity contribution is 9.09. The minimum Gasteiger partial charge on any atom is -0.469 e. The van der Waals surface area contributed by atoms with Crippen molar-refractivity contribution in [2.24, 2.45) is 0 Å². The Hall–Kier alpha value is -0.380. The van der Waals surface area contributed by atoms with Gasteiger partial charge in [-0.15, -0.1) is 0 Å². The molecule has 0 aromatic heterocycles. The molecule has 0 fully saturated rings. The summed E-state index contributed by atoms with van der Waals surface area (Å²) in [5.41, 5.74) is 0. The highest BCUT2D eigenvalue weighted by Crippen LogP contribution is 2.07. The number of hydrogen-bond acceptors (Lipinski definition) is 3. The van der Waals surface area contributed by atoms with E-state index in [1.165, 1.54) is 7.11 Å². The number of carbonyl (C=O) groups is 2. The number of alkyl halides is 1.